The molecule has 6 nitrogen and oxygen atoms in total. The molecule has 0 aliphatic heterocycles. The summed E-state index contributed by atoms with van der Waals surface area (Å²) in [6.07, 6.45) is -0.956. The predicted octanol–water partition coefficient (Wildman–Crippen LogP) is 0.438. The maximum absolute atomic E-state index is 11.4. The van der Waals surface area contributed by atoms with Crippen LogP contribution in [0.15, 0.2) is 4.79 Å². The topological polar surface area (TPSA) is 70.4 Å². The van der Waals surface area contributed by atoms with E-state index in [9.17, 15) is 9.59 Å². The van der Waals surface area contributed by atoms with Gasteiger partial charge < -0.3 is 9.47 Å². The highest BCUT2D eigenvalue weighted by atomic mass is 32.1. The van der Waals surface area contributed by atoms with Crippen molar-refractivity contribution in [1.82, 2.24) is 9.78 Å². The van der Waals surface area contributed by atoms with Gasteiger partial charge in [-0.25, -0.2) is 0 Å². The van der Waals surface area contributed by atoms with Crippen LogP contribution in [0, 0.1) is 0 Å². The molecule has 1 aromatic rings. The van der Waals surface area contributed by atoms with Gasteiger partial charge in [-0.2, -0.15) is 4.68 Å². The van der Waals surface area contributed by atoms with Gasteiger partial charge in [0.1, 0.15) is 0 Å². The second-order valence-corrected chi connectivity index (χ2v) is 3.60. The summed E-state index contributed by atoms with van der Waals surface area (Å²) in [5.74, 6) is -0.271. The Labute approximate surface area is 90.4 Å². The predicted molar refractivity (Wildman–Crippen MR) is 54.3 cm³/mol. The third-order valence-electron chi connectivity index (χ3n) is 1.62. The van der Waals surface area contributed by atoms with Crippen molar-refractivity contribution in [3.8, 4) is 5.19 Å². The largest absolute Gasteiger partial charge is 0.472 e. The van der Waals surface area contributed by atoms with Crippen LogP contribution in [0.25, 0.3) is 0 Å². The van der Waals surface area contributed by atoms with Gasteiger partial charge in [-0.15, -0.1) is 5.10 Å². The molecule has 15 heavy (non-hydrogen) atoms. The third-order valence-corrected chi connectivity index (χ3v) is 2.40. The Morgan fingerprint density at radius 1 is 1.67 bits per heavy atom. The van der Waals surface area contributed by atoms with Crippen LogP contribution in [0.2, 0.25) is 0 Å². The average Bonchev–Trinajstić information content (AvgIpc) is 2.55. The Hall–Kier alpha value is -1.21. The van der Waals surface area contributed by atoms with E-state index in [1.165, 1.54) is 14.0 Å². The number of ether oxygens (including phenoxy) is 2. The molecule has 0 aromatic carbocycles. The lowest BCUT2D eigenvalue weighted by molar-refractivity contribution is -0.135. The number of Topliss-reactive ketones (excluding diaryl/α,β-unsaturated/α-hetero) is 1. The van der Waals surface area contributed by atoms with Gasteiger partial charge in [-0.1, -0.05) is 0 Å². The minimum atomic E-state index is -0.956. The van der Waals surface area contributed by atoms with Crippen molar-refractivity contribution in [3.63, 3.8) is 0 Å². The number of carbonyl (C=O) groups is 1. The molecule has 84 valence electrons. The summed E-state index contributed by atoms with van der Waals surface area (Å²) in [5.41, 5.74) is 0. The van der Waals surface area contributed by atoms with Crippen LogP contribution in [0.1, 0.15) is 20.1 Å². The molecule has 1 unspecified atom stereocenters. The Kier molecular flexibility index (Phi) is 3.98. The highest BCUT2D eigenvalue weighted by molar-refractivity contribution is 7.10. The molecule has 0 saturated carbocycles. The zero-order chi connectivity index (χ0) is 11.4. The molecule has 0 spiro atoms. The molecule has 7 heteroatoms. The van der Waals surface area contributed by atoms with Crippen molar-refractivity contribution in [3.05, 3.63) is 9.67 Å². The third kappa shape index (κ3) is 2.63. The number of aromatic nitrogens is 2. The monoisotopic (exact) mass is 232 g/mol. The molecule has 0 fully saturated rings. The lowest BCUT2D eigenvalue weighted by Gasteiger charge is -2.12. The summed E-state index contributed by atoms with van der Waals surface area (Å²) in [7, 11) is 1.41. The fourth-order valence-electron chi connectivity index (χ4n) is 1.02. The zero-order valence-electron chi connectivity index (χ0n) is 8.72. The van der Waals surface area contributed by atoms with Crippen LogP contribution in [-0.2, 0) is 9.53 Å². The quantitative estimate of drug-likeness (QED) is 0.736. The summed E-state index contributed by atoms with van der Waals surface area (Å²) in [5, 5.41) is 4.04. The first-order valence-corrected chi connectivity index (χ1v) is 5.17. The molecule has 0 radical (unpaired) electrons. The van der Waals surface area contributed by atoms with Crippen molar-refractivity contribution in [2.24, 2.45) is 0 Å². The van der Waals surface area contributed by atoms with Crippen molar-refractivity contribution in [1.29, 1.82) is 0 Å². The second kappa shape index (κ2) is 5.04. The number of ketones is 1. The summed E-state index contributed by atoms with van der Waals surface area (Å²) in [4.78, 5) is 22.3. The van der Waals surface area contributed by atoms with Gasteiger partial charge in [0.2, 0.25) is 6.23 Å². The van der Waals surface area contributed by atoms with E-state index in [0.717, 1.165) is 16.0 Å². The number of rotatable bonds is 5. The fourth-order valence-corrected chi connectivity index (χ4v) is 1.61. The minimum Gasteiger partial charge on any atom is -0.472 e. The molecular formula is C8H12N2O4S. The van der Waals surface area contributed by atoms with Gasteiger partial charge in [0.15, 0.2) is 5.78 Å². The van der Waals surface area contributed by atoms with Gasteiger partial charge in [0, 0.05) is 6.61 Å². The smallest absolute Gasteiger partial charge is 0.331 e. The normalized spacial score (nSPS) is 12.5. The molecule has 1 aromatic heterocycles. The molecule has 0 saturated heterocycles. The Balaban J connectivity index is 3.05. The molecule has 1 rings (SSSR count). The van der Waals surface area contributed by atoms with Crippen LogP contribution in [0.5, 0.6) is 5.19 Å². The van der Waals surface area contributed by atoms with E-state index in [0.29, 0.717) is 6.61 Å². The molecule has 0 amide bonds. The van der Waals surface area contributed by atoms with E-state index in [1.54, 1.807) is 6.92 Å². The summed E-state index contributed by atoms with van der Waals surface area (Å²) in [6.45, 7) is 3.42. The van der Waals surface area contributed by atoms with Gasteiger partial charge >= 0.3 is 4.87 Å². The highest BCUT2D eigenvalue weighted by Gasteiger charge is 2.21. The average molecular weight is 232 g/mol. The standard InChI is InChI=1S/C8H12N2O4S/c1-4-14-6(5(2)11)10-8(12)15-7(9-10)13-3/h6H,4H2,1-3H3. The Bertz CT molecular complexity index is 398. The summed E-state index contributed by atoms with van der Waals surface area (Å²) >= 11 is 0.828. The van der Waals surface area contributed by atoms with Crippen molar-refractivity contribution >= 4 is 17.1 Å². The summed E-state index contributed by atoms with van der Waals surface area (Å²) in [6, 6.07) is 0. The first-order valence-electron chi connectivity index (χ1n) is 4.35. The van der Waals surface area contributed by atoms with E-state index >= 15 is 0 Å². The van der Waals surface area contributed by atoms with Crippen LogP contribution in [-0.4, -0.2) is 29.3 Å². The first kappa shape index (κ1) is 11.9. The zero-order valence-corrected chi connectivity index (χ0v) is 9.54. The Morgan fingerprint density at radius 3 is 2.73 bits per heavy atom. The molecule has 0 bridgehead atoms. The fraction of sp³-hybridized carbons (Fsp3) is 0.625. The maximum Gasteiger partial charge on any atom is 0.331 e. The summed E-state index contributed by atoms with van der Waals surface area (Å²) < 4.78 is 10.9. The van der Waals surface area contributed by atoms with Crippen LogP contribution in [0.4, 0.5) is 0 Å². The second-order valence-electron chi connectivity index (χ2n) is 2.70. The van der Waals surface area contributed by atoms with Crippen molar-refractivity contribution in [2.75, 3.05) is 13.7 Å². The number of hydrogen-bond donors (Lipinski definition) is 0. The molecule has 0 aliphatic rings. The first-order chi connectivity index (χ1) is 7.10. The molecule has 0 aliphatic carbocycles. The molecule has 1 atom stereocenters. The van der Waals surface area contributed by atoms with E-state index in [2.05, 4.69) is 5.10 Å². The van der Waals surface area contributed by atoms with E-state index in [1.807, 2.05) is 0 Å². The number of methoxy groups -OCH3 is 1. The van der Waals surface area contributed by atoms with Crippen LogP contribution in [0.3, 0.4) is 0 Å². The minimum absolute atomic E-state index is 0.214. The van der Waals surface area contributed by atoms with Crippen molar-refractivity contribution < 1.29 is 14.3 Å². The van der Waals surface area contributed by atoms with Gasteiger partial charge in [-0.3, -0.25) is 9.59 Å². The SMILES string of the molecule is CCOC(C(C)=O)n1nc(OC)sc1=O. The van der Waals surface area contributed by atoms with Crippen molar-refractivity contribution in [2.45, 2.75) is 20.1 Å². The Morgan fingerprint density at radius 2 is 2.33 bits per heavy atom. The maximum atomic E-state index is 11.4. The van der Waals surface area contributed by atoms with Crippen LogP contribution < -0.4 is 9.61 Å². The molecule has 0 N–H and O–H groups in total. The molecule has 1 heterocycles. The van der Waals surface area contributed by atoms with E-state index < -0.39 is 6.23 Å². The lowest BCUT2D eigenvalue weighted by atomic mass is 10.4. The lowest BCUT2D eigenvalue weighted by Crippen LogP contribution is -2.28. The van der Waals surface area contributed by atoms with E-state index in [4.69, 9.17) is 9.47 Å². The highest BCUT2D eigenvalue weighted by Crippen LogP contribution is 2.13. The van der Waals surface area contributed by atoms with Gasteiger partial charge in [0.05, 0.1) is 7.11 Å². The van der Waals surface area contributed by atoms with Gasteiger partial charge in [0.25, 0.3) is 5.19 Å². The number of hydrogen-bond acceptors (Lipinski definition) is 6. The molecular weight excluding hydrogens is 220 g/mol. The van der Waals surface area contributed by atoms with Gasteiger partial charge in [-0.05, 0) is 25.2 Å². The number of carbonyl (C=O) groups excluding carboxylic acids is 1. The van der Waals surface area contributed by atoms with Crippen LogP contribution >= 0.6 is 11.3 Å². The van der Waals surface area contributed by atoms with E-state index in [-0.39, 0.29) is 15.8 Å². The number of nitrogens with zero attached hydrogens (tertiary/aromatic N) is 2.